The quantitative estimate of drug-likeness (QED) is 0.749. The number of halogens is 1. The van der Waals surface area contributed by atoms with Gasteiger partial charge in [-0.3, -0.25) is 15.6 Å². The Morgan fingerprint density at radius 1 is 1.33 bits per heavy atom. The molecule has 0 spiro atoms. The van der Waals surface area contributed by atoms with E-state index in [2.05, 4.69) is 26.8 Å². The molecule has 1 aromatic carbocycles. The van der Waals surface area contributed by atoms with Crippen molar-refractivity contribution in [2.45, 2.75) is 37.7 Å². The average Bonchev–Trinajstić information content (AvgIpc) is 2.74. The van der Waals surface area contributed by atoms with Crippen LogP contribution in [0, 0.1) is 0 Å². The molecular weight excluding hydrogens is 296 g/mol. The second kappa shape index (κ2) is 5.71. The van der Waals surface area contributed by atoms with Crippen molar-refractivity contribution in [3.05, 3.63) is 28.7 Å². The summed E-state index contributed by atoms with van der Waals surface area (Å²) in [6, 6.07) is 7.52. The lowest BCUT2D eigenvalue weighted by Gasteiger charge is -2.21. The third-order valence-corrected chi connectivity index (χ3v) is 3.93. The van der Waals surface area contributed by atoms with Crippen LogP contribution < -0.4 is 10.9 Å². The molecule has 0 saturated heterocycles. The van der Waals surface area contributed by atoms with E-state index in [-0.39, 0.29) is 12.3 Å². The number of hydrazine groups is 1. The Balaban J connectivity index is 1.83. The lowest BCUT2D eigenvalue weighted by Crippen LogP contribution is -2.37. The zero-order valence-electron chi connectivity index (χ0n) is 10.1. The third kappa shape index (κ3) is 3.46. The number of rotatable bonds is 4. The number of aliphatic hydroxyl groups is 1. The maximum absolute atomic E-state index is 11.7. The number of amides is 1. The molecule has 1 saturated carbocycles. The maximum Gasteiger partial charge on any atom is 0.241 e. The number of para-hydroxylation sites is 1. The van der Waals surface area contributed by atoms with Gasteiger partial charge < -0.3 is 5.11 Å². The minimum Gasteiger partial charge on any atom is -0.389 e. The van der Waals surface area contributed by atoms with E-state index in [1.165, 1.54) is 0 Å². The molecule has 5 heteroatoms. The topological polar surface area (TPSA) is 61.4 Å². The van der Waals surface area contributed by atoms with Crippen LogP contribution in [-0.4, -0.2) is 16.6 Å². The van der Waals surface area contributed by atoms with Gasteiger partial charge in [0, 0.05) is 4.47 Å². The van der Waals surface area contributed by atoms with Crippen molar-refractivity contribution in [2.75, 3.05) is 5.43 Å². The molecule has 0 atom stereocenters. The van der Waals surface area contributed by atoms with Crippen LogP contribution in [0.4, 0.5) is 5.69 Å². The van der Waals surface area contributed by atoms with E-state index in [1.54, 1.807) is 0 Å². The Hall–Kier alpha value is -1.07. The Bertz CT molecular complexity index is 431. The molecule has 2 rings (SSSR count). The number of hydrogen-bond acceptors (Lipinski definition) is 3. The van der Waals surface area contributed by atoms with E-state index in [4.69, 9.17) is 0 Å². The summed E-state index contributed by atoms with van der Waals surface area (Å²) in [4.78, 5) is 11.7. The van der Waals surface area contributed by atoms with Crippen LogP contribution in [0.3, 0.4) is 0 Å². The van der Waals surface area contributed by atoms with Gasteiger partial charge in [-0.25, -0.2) is 0 Å². The zero-order valence-corrected chi connectivity index (χ0v) is 11.7. The predicted molar refractivity (Wildman–Crippen MR) is 73.9 cm³/mol. The lowest BCUT2D eigenvalue weighted by molar-refractivity contribution is -0.125. The highest BCUT2D eigenvalue weighted by molar-refractivity contribution is 9.10. The number of benzene rings is 1. The van der Waals surface area contributed by atoms with E-state index in [1.807, 2.05) is 24.3 Å². The highest BCUT2D eigenvalue weighted by Crippen LogP contribution is 2.32. The molecule has 1 aromatic rings. The van der Waals surface area contributed by atoms with Gasteiger partial charge in [-0.15, -0.1) is 0 Å². The minimum atomic E-state index is -0.806. The van der Waals surface area contributed by atoms with E-state index in [0.29, 0.717) is 0 Å². The fourth-order valence-corrected chi connectivity index (χ4v) is 2.64. The maximum atomic E-state index is 11.7. The summed E-state index contributed by atoms with van der Waals surface area (Å²) in [5.41, 5.74) is 5.45. The minimum absolute atomic E-state index is 0.157. The fraction of sp³-hybridized carbons (Fsp3) is 0.462. The third-order valence-electron chi connectivity index (χ3n) is 3.23. The van der Waals surface area contributed by atoms with E-state index in [0.717, 1.165) is 35.8 Å². The molecule has 3 N–H and O–H groups in total. The standard InChI is InChI=1S/C13H17BrN2O2/c14-10-5-1-2-6-11(10)15-16-12(17)9-13(18)7-3-4-8-13/h1-2,5-6,15,18H,3-4,7-9H2,(H,16,17). The number of carbonyl (C=O) groups is 1. The molecule has 1 aliphatic carbocycles. The molecule has 4 nitrogen and oxygen atoms in total. The Morgan fingerprint density at radius 2 is 2.00 bits per heavy atom. The Kier molecular flexibility index (Phi) is 4.24. The van der Waals surface area contributed by atoms with Gasteiger partial charge in [0.15, 0.2) is 0 Å². The molecule has 0 aliphatic heterocycles. The first-order valence-electron chi connectivity index (χ1n) is 6.11. The van der Waals surface area contributed by atoms with Gasteiger partial charge in [0.25, 0.3) is 0 Å². The molecular formula is C13H17BrN2O2. The summed E-state index contributed by atoms with van der Waals surface area (Å²) in [5.74, 6) is -0.185. The van der Waals surface area contributed by atoms with Crippen molar-refractivity contribution in [1.82, 2.24) is 5.43 Å². The second-order valence-electron chi connectivity index (χ2n) is 4.76. The normalized spacial score (nSPS) is 17.4. The number of hydrogen-bond donors (Lipinski definition) is 3. The van der Waals surface area contributed by atoms with Gasteiger partial charge in [0.1, 0.15) is 0 Å². The van der Waals surface area contributed by atoms with Gasteiger partial charge in [-0.2, -0.15) is 0 Å². The first-order valence-corrected chi connectivity index (χ1v) is 6.90. The monoisotopic (exact) mass is 312 g/mol. The van der Waals surface area contributed by atoms with Crippen LogP contribution in [0.5, 0.6) is 0 Å². The van der Waals surface area contributed by atoms with Crippen molar-refractivity contribution in [3.63, 3.8) is 0 Å². The lowest BCUT2D eigenvalue weighted by atomic mass is 9.98. The average molecular weight is 313 g/mol. The summed E-state index contributed by atoms with van der Waals surface area (Å²) in [6.45, 7) is 0. The van der Waals surface area contributed by atoms with Crippen LogP contribution >= 0.6 is 15.9 Å². The summed E-state index contributed by atoms with van der Waals surface area (Å²) >= 11 is 3.38. The smallest absolute Gasteiger partial charge is 0.241 e. The molecule has 1 aliphatic rings. The van der Waals surface area contributed by atoms with E-state index >= 15 is 0 Å². The van der Waals surface area contributed by atoms with Crippen LogP contribution in [0.15, 0.2) is 28.7 Å². The predicted octanol–water partition coefficient (Wildman–Crippen LogP) is 2.59. The summed E-state index contributed by atoms with van der Waals surface area (Å²) in [6.07, 6.45) is 3.60. The summed E-state index contributed by atoms with van der Waals surface area (Å²) < 4.78 is 0.880. The molecule has 98 valence electrons. The summed E-state index contributed by atoms with van der Waals surface area (Å²) in [7, 11) is 0. The zero-order chi connectivity index (χ0) is 13.0. The first kappa shape index (κ1) is 13.4. The largest absolute Gasteiger partial charge is 0.389 e. The van der Waals surface area contributed by atoms with Crippen LogP contribution in [0.25, 0.3) is 0 Å². The highest BCUT2D eigenvalue weighted by Gasteiger charge is 2.33. The number of anilines is 1. The van der Waals surface area contributed by atoms with Gasteiger partial charge in [-0.05, 0) is 40.9 Å². The Morgan fingerprint density at radius 3 is 2.67 bits per heavy atom. The van der Waals surface area contributed by atoms with Gasteiger partial charge in [0.2, 0.25) is 5.91 Å². The van der Waals surface area contributed by atoms with Crippen molar-refractivity contribution in [1.29, 1.82) is 0 Å². The van der Waals surface area contributed by atoms with Gasteiger partial charge in [-0.1, -0.05) is 25.0 Å². The molecule has 1 fully saturated rings. The van der Waals surface area contributed by atoms with E-state index < -0.39 is 5.60 Å². The van der Waals surface area contributed by atoms with Gasteiger partial charge >= 0.3 is 0 Å². The van der Waals surface area contributed by atoms with Crippen LogP contribution in [0.2, 0.25) is 0 Å². The fourth-order valence-electron chi connectivity index (χ4n) is 2.25. The molecule has 0 radical (unpaired) electrons. The van der Waals surface area contributed by atoms with Crippen molar-refractivity contribution in [3.8, 4) is 0 Å². The molecule has 18 heavy (non-hydrogen) atoms. The van der Waals surface area contributed by atoms with Crippen molar-refractivity contribution in [2.24, 2.45) is 0 Å². The second-order valence-corrected chi connectivity index (χ2v) is 5.62. The number of carbonyl (C=O) groups excluding carboxylic acids is 1. The molecule has 0 heterocycles. The van der Waals surface area contributed by atoms with Crippen molar-refractivity contribution < 1.29 is 9.90 Å². The summed E-state index contributed by atoms with van der Waals surface area (Å²) in [5, 5.41) is 10.1. The van der Waals surface area contributed by atoms with Gasteiger partial charge in [0.05, 0.1) is 17.7 Å². The van der Waals surface area contributed by atoms with Crippen LogP contribution in [-0.2, 0) is 4.79 Å². The molecule has 0 bridgehead atoms. The first-order chi connectivity index (χ1) is 8.59. The highest BCUT2D eigenvalue weighted by atomic mass is 79.9. The molecule has 0 aromatic heterocycles. The van der Waals surface area contributed by atoms with Crippen LogP contribution in [0.1, 0.15) is 32.1 Å². The molecule has 1 amide bonds. The van der Waals surface area contributed by atoms with E-state index in [9.17, 15) is 9.90 Å². The van der Waals surface area contributed by atoms with Crippen molar-refractivity contribution >= 4 is 27.5 Å². The molecule has 0 unspecified atom stereocenters. The number of nitrogens with one attached hydrogen (secondary N) is 2. The SMILES string of the molecule is O=C(CC1(O)CCCC1)NNc1ccccc1Br. The Labute approximate surface area is 115 Å².